The highest BCUT2D eigenvalue weighted by atomic mass is 31.2. The standard InChI is InChI=1S/C84H147N2O6P/c1-6-8-10-12-14-16-18-20-22-24-26-28-30-32-34-36-38-40-41-42-43-44-45-46-48-50-52-54-56-58-60-62-64-66-68-70-72-74-76-78-84(88)85-82(81-92-93(89,90)91-80-79-86(3,4)5)83(87)77-75-73-71-69-67-65-63-61-59-57-55-53-51-49-47-39-37-35-33-31-29-27-25-23-21-19-17-15-13-11-9-7-2/h8,10,14,16,20,22,26,28,32,34,38,40,42-43,45-46,50,52,59,61,67,69,75,77,82-83,87H,6-7,9,11-13,15,17-19,21,23-25,27,29-31,33,35-37,39,41,44,47-49,51,53-58,60,62-66,68,70-74,76,78-81H2,1-5H3,(H-,85,88,89,90)/b10-8-,16-14-,22-20-,28-26-,34-32-,40-38-,43-42-,46-45-,52-50-,61-59+,69-67+,77-75+. The van der Waals surface area contributed by atoms with Gasteiger partial charge < -0.3 is 28.8 Å². The molecule has 0 saturated heterocycles. The Balaban J connectivity index is 4.13. The van der Waals surface area contributed by atoms with Crippen molar-refractivity contribution >= 4 is 13.7 Å². The van der Waals surface area contributed by atoms with Crippen LogP contribution in [0.25, 0.3) is 0 Å². The van der Waals surface area contributed by atoms with Gasteiger partial charge in [-0.2, -0.15) is 0 Å². The van der Waals surface area contributed by atoms with E-state index in [1.807, 2.05) is 27.2 Å². The van der Waals surface area contributed by atoms with Crippen LogP contribution in [0, 0.1) is 0 Å². The van der Waals surface area contributed by atoms with Crippen molar-refractivity contribution in [3.63, 3.8) is 0 Å². The van der Waals surface area contributed by atoms with Gasteiger partial charge in [-0.15, -0.1) is 0 Å². The van der Waals surface area contributed by atoms with Gasteiger partial charge in [0.2, 0.25) is 5.91 Å². The number of likely N-dealkylation sites (N-methyl/N-ethyl adjacent to an activating group) is 1. The van der Waals surface area contributed by atoms with E-state index in [4.69, 9.17) is 9.05 Å². The van der Waals surface area contributed by atoms with E-state index in [1.165, 1.54) is 199 Å². The van der Waals surface area contributed by atoms with E-state index in [0.717, 1.165) is 109 Å². The molecule has 0 bridgehead atoms. The lowest BCUT2D eigenvalue weighted by Gasteiger charge is -2.29. The summed E-state index contributed by atoms with van der Waals surface area (Å²) in [5.41, 5.74) is 0. The molecule has 0 spiro atoms. The molecule has 0 fully saturated rings. The number of nitrogens with zero attached hydrogens (tertiary/aromatic N) is 1. The van der Waals surface area contributed by atoms with E-state index in [2.05, 4.69) is 153 Å². The predicted molar refractivity (Wildman–Crippen MR) is 408 cm³/mol. The SMILES string of the molecule is CC/C=C\C/C=C\C/C=C\C/C=C\C/C=C\C/C=C\C/C=C\C/C=C\C/C=C\CCCCCCCCCCCCCC(=O)NC(COP(=O)([O-])OCC[N+](C)(C)C)C(O)/C=C/CC/C=C/CC/C=C/CCCCCCCCCCCCCCCCCCCCCCCC. The number of hydrogen-bond donors (Lipinski definition) is 2. The zero-order valence-electron chi connectivity index (χ0n) is 61.2. The third-order valence-corrected chi connectivity index (χ3v) is 17.7. The average molecular weight is 1310 g/mol. The van der Waals surface area contributed by atoms with E-state index in [1.54, 1.807) is 6.08 Å². The maximum Gasteiger partial charge on any atom is 0.268 e. The van der Waals surface area contributed by atoms with Gasteiger partial charge in [-0.05, 0) is 116 Å². The third kappa shape index (κ3) is 75.6. The fraction of sp³-hybridized carbons (Fsp3) is 0.702. The smallest absolute Gasteiger partial charge is 0.268 e. The first-order chi connectivity index (χ1) is 45.5. The number of allylic oxidation sites excluding steroid dienone is 23. The van der Waals surface area contributed by atoms with Crippen molar-refractivity contribution in [2.24, 2.45) is 0 Å². The minimum atomic E-state index is -4.63. The zero-order chi connectivity index (χ0) is 67.6. The van der Waals surface area contributed by atoms with Gasteiger partial charge in [-0.3, -0.25) is 9.36 Å². The van der Waals surface area contributed by atoms with Gasteiger partial charge in [0.1, 0.15) is 13.2 Å². The van der Waals surface area contributed by atoms with Gasteiger partial charge in [0.05, 0.1) is 39.9 Å². The maximum absolute atomic E-state index is 13.1. The zero-order valence-corrected chi connectivity index (χ0v) is 62.1. The van der Waals surface area contributed by atoms with Crippen LogP contribution in [0.2, 0.25) is 0 Å². The highest BCUT2D eigenvalue weighted by Gasteiger charge is 2.23. The molecule has 2 N–H and O–H groups in total. The lowest BCUT2D eigenvalue weighted by atomic mass is 10.0. The Morgan fingerprint density at radius 2 is 0.667 bits per heavy atom. The number of carbonyl (C=O) groups excluding carboxylic acids is 1. The van der Waals surface area contributed by atoms with E-state index in [-0.39, 0.29) is 12.5 Å². The van der Waals surface area contributed by atoms with Gasteiger partial charge in [0.15, 0.2) is 0 Å². The fourth-order valence-electron chi connectivity index (χ4n) is 10.8. The van der Waals surface area contributed by atoms with Crippen LogP contribution in [-0.2, 0) is 18.4 Å². The third-order valence-electron chi connectivity index (χ3n) is 16.8. The molecule has 0 heterocycles. The quantitative estimate of drug-likeness (QED) is 0.0272. The molecule has 3 atom stereocenters. The summed E-state index contributed by atoms with van der Waals surface area (Å²) < 4.78 is 23.5. The van der Waals surface area contributed by atoms with Crippen molar-refractivity contribution in [1.82, 2.24) is 5.32 Å². The highest BCUT2D eigenvalue weighted by molar-refractivity contribution is 7.45. The van der Waals surface area contributed by atoms with Crippen molar-refractivity contribution in [3.05, 3.63) is 146 Å². The summed E-state index contributed by atoms with van der Waals surface area (Å²) in [6.45, 7) is 4.52. The summed E-state index contributed by atoms with van der Waals surface area (Å²) in [6, 6.07) is -0.924. The van der Waals surface area contributed by atoms with Gasteiger partial charge in [0.25, 0.3) is 7.82 Å². The van der Waals surface area contributed by atoms with E-state index < -0.39 is 26.6 Å². The average Bonchev–Trinajstić information content (AvgIpc) is 1.94. The Morgan fingerprint density at radius 3 is 1.00 bits per heavy atom. The van der Waals surface area contributed by atoms with Crippen LogP contribution < -0.4 is 10.2 Å². The Kier molecular flexibility index (Phi) is 69.8. The molecule has 93 heavy (non-hydrogen) atoms. The van der Waals surface area contributed by atoms with Gasteiger partial charge >= 0.3 is 0 Å². The molecule has 0 aromatic carbocycles. The number of rotatable bonds is 70. The molecule has 0 radical (unpaired) electrons. The van der Waals surface area contributed by atoms with Crippen molar-refractivity contribution in [2.45, 2.75) is 341 Å². The number of carbonyl (C=O) groups is 1. The van der Waals surface area contributed by atoms with Gasteiger partial charge in [0, 0.05) is 6.42 Å². The van der Waals surface area contributed by atoms with Crippen LogP contribution in [0.15, 0.2) is 146 Å². The summed E-state index contributed by atoms with van der Waals surface area (Å²) in [4.78, 5) is 25.7. The summed E-state index contributed by atoms with van der Waals surface area (Å²) in [6.07, 6.45) is 111. The Morgan fingerprint density at radius 1 is 0.387 bits per heavy atom. The number of quaternary nitrogens is 1. The molecular weight excluding hydrogens is 1160 g/mol. The van der Waals surface area contributed by atoms with Gasteiger partial charge in [-0.1, -0.05) is 352 Å². The second kappa shape index (κ2) is 72.6. The minimum absolute atomic E-state index is 0.0158. The molecular formula is C84H147N2O6P. The number of unbranched alkanes of at least 4 members (excludes halogenated alkanes) is 35. The van der Waals surface area contributed by atoms with Crippen molar-refractivity contribution in [2.75, 3.05) is 40.9 Å². The van der Waals surface area contributed by atoms with Gasteiger partial charge in [-0.25, -0.2) is 0 Å². The first-order valence-electron chi connectivity index (χ1n) is 38.7. The second-order valence-electron chi connectivity index (χ2n) is 27.0. The van der Waals surface area contributed by atoms with E-state index in [0.29, 0.717) is 17.4 Å². The molecule has 534 valence electrons. The lowest BCUT2D eigenvalue weighted by Crippen LogP contribution is -2.45. The van der Waals surface area contributed by atoms with E-state index in [9.17, 15) is 19.4 Å². The van der Waals surface area contributed by atoms with E-state index >= 15 is 0 Å². The number of amides is 1. The number of aliphatic hydroxyl groups is 1. The number of phosphoric ester groups is 1. The molecule has 3 unspecified atom stereocenters. The molecule has 0 aliphatic rings. The largest absolute Gasteiger partial charge is 0.756 e. The van der Waals surface area contributed by atoms with Crippen molar-refractivity contribution < 1.29 is 32.9 Å². The molecule has 0 saturated carbocycles. The number of hydrogen-bond acceptors (Lipinski definition) is 6. The minimum Gasteiger partial charge on any atom is -0.756 e. The summed E-state index contributed by atoms with van der Waals surface area (Å²) in [5.74, 6) is -0.217. The number of nitrogens with one attached hydrogen (secondary N) is 1. The van der Waals surface area contributed by atoms with Crippen LogP contribution in [0.1, 0.15) is 328 Å². The van der Waals surface area contributed by atoms with Crippen LogP contribution in [0.5, 0.6) is 0 Å². The molecule has 1 amide bonds. The van der Waals surface area contributed by atoms with Crippen LogP contribution in [-0.4, -0.2) is 68.5 Å². The van der Waals surface area contributed by atoms with Crippen LogP contribution in [0.4, 0.5) is 0 Å². The first-order valence-corrected chi connectivity index (χ1v) is 40.2. The summed E-state index contributed by atoms with van der Waals surface area (Å²) >= 11 is 0. The molecule has 0 rings (SSSR count). The molecule has 0 aromatic heterocycles. The van der Waals surface area contributed by atoms with Crippen LogP contribution >= 0.6 is 7.82 Å². The monoisotopic (exact) mass is 1310 g/mol. The van der Waals surface area contributed by atoms with Crippen molar-refractivity contribution in [1.29, 1.82) is 0 Å². The van der Waals surface area contributed by atoms with Crippen LogP contribution in [0.3, 0.4) is 0 Å². The van der Waals surface area contributed by atoms with Crippen molar-refractivity contribution in [3.8, 4) is 0 Å². The summed E-state index contributed by atoms with van der Waals surface area (Å²) in [5, 5.41) is 14.0. The lowest BCUT2D eigenvalue weighted by molar-refractivity contribution is -0.870. The molecule has 0 aliphatic heterocycles. The Bertz CT molecular complexity index is 2030. The predicted octanol–water partition coefficient (Wildman–Crippen LogP) is 24.9. The first kappa shape index (κ1) is 89.4. The summed E-state index contributed by atoms with van der Waals surface area (Å²) in [7, 11) is 1.22. The topological polar surface area (TPSA) is 108 Å². The molecule has 0 aliphatic carbocycles. The highest BCUT2D eigenvalue weighted by Crippen LogP contribution is 2.38. The fourth-order valence-corrected chi connectivity index (χ4v) is 11.6. The molecule has 0 aromatic rings. The number of aliphatic hydroxyl groups excluding tert-OH is 1. The molecule has 8 nitrogen and oxygen atoms in total. The Labute approximate surface area is 576 Å². The molecule has 9 heteroatoms. The normalized spacial score (nSPS) is 14.4. The second-order valence-corrected chi connectivity index (χ2v) is 28.4. The maximum atomic E-state index is 13.1. The Hall–Kier alpha value is -3.62. The number of phosphoric acid groups is 1.